The highest BCUT2D eigenvalue weighted by Gasteiger charge is 2.00. The van der Waals surface area contributed by atoms with Gasteiger partial charge in [-0.05, 0) is 48.6 Å². The Bertz CT molecular complexity index is 852. The highest BCUT2D eigenvalue weighted by Crippen LogP contribution is 2.22. The Balaban J connectivity index is 1.87. The van der Waals surface area contributed by atoms with Crippen LogP contribution in [0.15, 0.2) is 71.7 Å². The van der Waals surface area contributed by atoms with Crippen molar-refractivity contribution in [1.82, 2.24) is 9.55 Å². The Kier molecular flexibility index (Phi) is 3.66. The molecule has 0 atom stereocenters. The number of H-pyrrole nitrogens is 1. The van der Waals surface area contributed by atoms with Crippen LogP contribution in [0, 0.1) is 4.77 Å². The molecule has 0 unspecified atom stereocenters. The normalized spacial score (nSPS) is 10.3. The van der Waals surface area contributed by atoms with E-state index in [2.05, 4.69) is 4.98 Å². The largest absolute Gasteiger partial charge is 0.457 e. The number of nitrogens with one attached hydrogen (secondary N) is 1. The molecule has 0 aliphatic heterocycles. The number of aromatic amines is 1. The van der Waals surface area contributed by atoms with Gasteiger partial charge in [-0.1, -0.05) is 18.2 Å². The molecule has 3 aromatic rings. The van der Waals surface area contributed by atoms with Gasteiger partial charge in [-0.15, -0.1) is 0 Å². The summed E-state index contributed by atoms with van der Waals surface area (Å²) in [4.78, 5) is 13.8. The summed E-state index contributed by atoms with van der Waals surface area (Å²) in [5, 5.41) is 0. The molecule has 4 nitrogen and oxygen atoms in total. The molecule has 0 aliphatic carbocycles. The minimum Gasteiger partial charge on any atom is -0.457 e. The molecule has 0 fully saturated rings. The fraction of sp³-hybridized carbons (Fsp3) is 0. The molecule has 1 N–H and O–H groups in total. The molecular weight excluding hydrogens is 284 g/mol. The Hall–Kier alpha value is -2.66. The van der Waals surface area contributed by atoms with Gasteiger partial charge in [0.1, 0.15) is 11.5 Å². The molecule has 1 heterocycles. The minimum atomic E-state index is -0.208. The van der Waals surface area contributed by atoms with Gasteiger partial charge in [-0.3, -0.25) is 14.3 Å². The van der Waals surface area contributed by atoms with Crippen LogP contribution in [0.25, 0.3) is 5.69 Å². The summed E-state index contributed by atoms with van der Waals surface area (Å²) < 4.78 is 7.81. The van der Waals surface area contributed by atoms with Crippen molar-refractivity contribution in [2.75, 3.05) is 0 Å². The van der Waals surface area contributed by atoms with Crippen molar-refractivity contribution in [3.05, 3.63) is 82.0 Å². The summed E-state index contributed by atoms with van der Waals surface area (Å²) >= 11 is 5.14. The SMILES string of the molecule is O=c1ccn(-c2ccc(Oc3ccccc3)cc2)c(=S)[nH]1. The number of ether oxygens (including phenoxy) is 1. The molecule has 0 saturated heterocycles. The first-order valence-electron chi connectivity index (χ1n) is 6.38. The van der Waals surface area contributed by atoms with Crippen LogP contribution in [0.3, 0.4) is 0 Å². The van der Waals surface area contributed by atoms with E-state index in [1.807, 2.05) is 54.6 Å². The van der Waals surface area contributed by atoms with Crippen LogP contribution in [-0.4, -0.2) is 9.55 Å². The van der Waals surface area contributed by atoms with Crippen molar-refractivity contribution in [1.29, 1.82) is 0 Å². The summed E-state index contributed by atoms with van der Waals surface area (Å²) in [6, 6.07) is 18.5. The molecule has 3 rings (SSSR count). The summed E-state index contributed by atoms with van der Waals surface area (Å²) in [6.07, 6.45) is 1.65. The van der Waals surface area contributed by atoms with E-state index >= 15 is 0 Å². The number of nitrogens with zero attached hydrogens (tertiary/aromatic N) is 1. The maximum absolute atomic E-state index is 11.2. The molecule has 0 saturated carbocycles. The molecule has 104 valence electrons. The zero-order valence-electron chi connectivity index (χ0n) is 11.0. The zero-order valence-corrected chi connectivity index (χ0v) is 11.8. The van der Waals surface area contributed by atoms with Crippen LogP contribution in [0.1, 0.15) is 0 Å². The number of benzene rings is 2. The lowest BCUT2D eigenvalue weighted by Crippen LogP contribution is -2.09. The molecule has 0 aliphatic rings. The maximum atomic E-state index is 11.2. The molecule has 21 heavy (non-hydrogen) atoms. The lowest BCUT2D eigenvalue weighted by Gasteiger charge is -2.08. The third kappa shape index (κ3) is 3.09. The van der Waals surface area contributed by atoms with E-state index in [0.29, 0.717) is 4.77 Å². The molecule has 2 aromatic carbocycles. The van der Waals surface area contributed by atoms with Crippen molar-refractivity contribution >= 4 is 12.2 Å². The minimum absolute atomic E-state index is 0.208. The maximum Gasteiger partial charge on any atom is 0.251 e. The molecule has 0 amide bonds. The fourth-order valence-corrected chi connectivity index (χ4v) is 2.19. The average molecular weight is 296 g/mol. The topological polar surface area (TPSA) is 47.0 Å². The van der Waals surface area contributed by atoms with Crippen LogP contribution in [-0.2, 0) is 0 Å². The summed E-state index contributed by atoms with van der Waals surface area (Å²) in [5.41, 5.74) is 0.650. The van der Waals surface area contributed by atoms with Crippen molar-refractivity contribution in [3.8, 4) is 17.2 Å². The van der Waals surface area contributed by atoms with Crippen LogP contribution in [0.2, 0.25) is 0 Å². The first kappa shape index (κ1) is 13.3. The van der Waals surface area contributed by atoms with Gasteiger partial charge in [0.05, 0.1) is 0 Å². The van der Waals surface area contributed by atoms with Crippen molar-refractivity contribution < 1.29 is 4.74 Å². The first-order valence-corrected chi connectivity index (χ1v) is 6.78. The van der Waals surface area contributed by atoms with E-state index < -0.39 is 0 Å². The standard InChI is InChI=1S/C16H12N2O2S/c19-15-10-11-18(16(21)17-15)12-6-8-14(9-7-12)20-13-4-2-1-3-5-13/h1-11H,(H,17,19,21). The Morgan fingerprint density at radius 3 is 2.24 bits per heavy atom. The second-order valence-electron chi connectivity index (χ2n) is 4.39. The predicted molar refractivity (Wildman–Crippen MR) is 83.7 cm³/mol. The third-order valence-electron chi connectivity index (χ3n) is 2.92. The Morgan fingerprint density at radius 1 is 0.905 bits per heavy atom. The molecule has 1 aromatic heterocycles. The van der Waals surface area contributed by atoms with E-state index in [-0.39, 0.29) is 5.56 Å². The molecule has 5 heteroatoms. The number of hydrogen-bond acceptors (Lipinski definition) is 3. The van der Waals surface area contributed by atoms with E-state index in [0.717, 1.165) is 17.2 Å². The second kappa shape index (κ2) is 5.76. The van der Waals surface area contributed by atoms with E-state index in [1.54, 1.807) is 10.8 Å². The summed E-state index contributed by atoms with van der Waals surface area (Å²) in [7, 11) is 0. The number of aromatic nitrogens is 2. The molecule has 0 spiro atoms. The molecule has 0 bridgehead atoms. The van der Waals surface area contributed by atoms with E-state index in [1.165, 1.54) is 6.07 Å². The average Bonchev–Trinajstić information content (AvgIpc) is 2.49. The van der Waals surface area contributed by atoms with Crippen LogP contribution in [0.4, 0.5) is 0 Å². The highest BCUT2D eigenvalue weighted by atomic mass is 32.1. The quantitative estimate of drug-likeness (QED) is 0.750. The number of hydrogen-bond donors (Lipinski definition) is 1. The molecule has 0 radical (unpaired) electrons. The van der Waals surface area contributed by atoms with Gasteiger partial charge in [0.2, 0.25) is 0 Å². The van der Waals surface area contributed by atoms with Crippen LogP contribution >= 0.6 is 12.2 Å². The summed E-state index contributed by atoms with van der Waals surface area (Å²) in [5.74, 6) is 1.52. The van der Waals surface area contributed by atoms with Crippen molar-refractivity contribution in [2.45, 2.75) is 0 Å². The van der Waals surface area contributed by atoms with Gasteiger partial charge in [0, 0.05) is 18.0 Å². The van der Waals surface area contributed by atoms with Gasteiger partial charge in [-0.25, -0.2) is 0 Å². The van der Waals surface area contributed by atoms with Crippen LogP contribution < -0.4 is 10.3 Å². The Morgan fingerprint density at radius 2 is 1.57 bits per heavy atom. The Labute approximate surface area is 126 Å². The second-order valence-corrected chi connectivity index (χ2v) is 4.78. The fourth-order valence-electron chi connectivity index (χ4n) is 1.92. The predicted octanol–water partition coefficient (Wildman–Crippen LogP) is 3.69. The van der Waals surface area contributed by atoms with Gasteiger partial charge >= 0.3 is 0 Å². The van der Waals surface area contributed by atoms with Gasteiger partial charge < -0.3 is 4.74 Å². The lowest BCUT2D eigenvalue weighted by atomic mass is 10.3. The van der Waals surface area contributed by atoms with Crippen LogP contribution in [0.5, 0.6) is 11.5 Å². The first-order chi connectivity index (χ1) is 10.2. The van der Waals surface area contributed by atoms with Gasteiger partial charge in [0.15, 0.2) is 4.77 Å². The van der Waals surface area contributed by atoms with Crippen molar-refractivity contribution in [2.24, 2.45) is 0 Å². The smallest absolute Gasteiger partial charge is 0.251 e. The lowest BCUT2D eigenvalue weighted by molar-refractivity contribution is 0.482. The number of para-hydroxylation sites is 1. The monoisotopic (exact) mass is 296 g/mol. The number of rotatable bonds is 3. The zero-order chi connectivity index (χ0) is 14.7. The van der Waals surface area contributed by atoms with E-state index in [4.69, 9.17) is 17.0 Å². The molecular formula is C16H12N2O2S. The van der Waals surface area contributed by atoms with Crippen molar-refractivity contribution in [3.63, 3.8) is 0 Å². The van der Waals surface area contributed by atoms with E-state index in [9.17, 15) is 4.79 Å². The van der Waals surface area contributed by atoms with Gasteiger partial charge in [0.25, 0.3) is 5.56 Å². The highest BCUT2D eigenvalue weighted by molar-refractivity contribution is 7.71. The summed E-state index contributed by atoms with van der Waals surface area (Å²) in [6.45, 7) is 0. The van der Waals surface area contributed by atoms with Gasteiger partial charge in [-0.2, -0.15) is 0 Å². The third-order valence-corrected chi connectivity index (χ3v) is 3.22.